The van der Waals surface area contributed by atoms with Gasteiger partial charge in [0.15, 0.2) is 0 Å². The Morgan fingerprint density at radius 2 is 2.07 bits per heavy atom. The molecule has 0 aromatic heterocycles. The van der Waals surface area contributed by atoms with Crippen molar-refractivity contribution in [3.8, 4) is 12.1 Å². The first-order valence-electron chi connectivity index (χ1n) is 6.16. The van der Waals surface area contributed by atoms with Crippen molar-refractivity contribution < 1.29 is 0 Å². The third-order valence-corrected chi connectivity index (χ3v) is 6.10. The van der Waals surface area contributed by atoms with Crippen LogP contribution in [0.1, 0.15) is 40.0 Å². The third-order valence-electron chi connectivity index (χ3n) is 3.23. The number of hydrogen-bond donors (Lipinski definition) is 0. The standard InChI is InChI=1S/C13H26BP/c1-6-13(11-12(4)14)9-10-15(5,7-2)8-3/h2,12-13H,5-6,8-11,14H2,1,3-4H3. The van der Waals surface area contributed by atoms with Crippen molar-refractivity contribution >= 4 is 21.0 Å². The highest BCUT2D eigenvalue weighted by Gasteiger charge is 2.13. The van der Waals surface area contributed by atoms with E-state index in [-0.39, 0.29) is 0 Å². The van der Waals surface area contributed by atoms with Crippen molar-refractivity contribution in [2.45, 2.75) is 45.9 Å². The van der Waals surface area contributed by atoms with Crippen molar-refractivity contribution in [3.05, 3.63) is 0 Å². The lowest BCUT2D eigenvalue weighted by atomic mass is 9.80. The lowest BCUT2D eigenvalue weighted by Gasteiger charge is -2.21. The van der Waals surface area contributed by atoms with Gasteiger partial charge in [0, 0.05) is 0 Å². The fraction of sp³-hybridized carbons (Fsp3) is 0.769. The summed E-state index contributed by atoms with van der Waals surface area (Å²) in [4.78, 5) is 0. The molecule has 0 aliphatic carbocycles. The minimum absolute atomic E-state index is 0.806. The highest BCUT2D eigenvalue weighted by atomic mass is 31.2. The van der Waals surface area contributed by atoms with E-state index in [0.717, 1.165) is 17.9 Å². The molecule has 3 unspecified atom stereocenters. The molecule has 0 fully saturated rings. The number of rotatable bonds is 7. The summed E-state index contributed by atoms with van der Waals surface area (Å²) in [6.45, 7) is 5.51. The largest absolute Gasteiger partial charge is 0.116 e. The molecular weight excluding hydrogens is 198 g/mol. The fourth-order valence-corrected chi connectivity index (χ4v) is 3.39. The molecule has 2 heteroatoms. The first kappa shape index (κ1) is 14.9. The predicted molar refractivity (Wildman–Crippen MR) is 79.3 cm³/mol. The van der Waals surface area contributed by atoms with E-state index in [1.54, 1.807) is 0 Å². The Bertz CT molecular complexity index is 250. The summed E-state index contributed by atoms with van der Waals surface area (Å²) in [6, 6.07) is 0. The van der Waals surface area contributed by atoms with Crippen LogP contribution in [-0.2, 0) is 0 Å². The van der Waals surface area contributed by atoms with E-state index >= 15 is 0 Å². The Morgan fingerprint density at radius 1 is 1.47 bits per heavy atom. The van der Waals surface area contributed by atoms with Gasteiger partial charge in [-0.15, -0.1) is 6.42 Å². The van der Waals surface area contributed by atoms with Crippen molar-refractivity contribution in [1.82, 2.24) is 0 Å². The third kappa shape index (κ3) is 6.16. The van der Waals surface area contributed by atoms with E-state index in [0.29, 0.717) is 0 Å². The smallest absolute Gasteiger partial charge is 0.105 e. The van der Waals surface area contributed by atoms with Gasteiger partial charge in [0.25, 0.3) is 0 Å². The highest BCUT2D eigenvalue weighted by Crippen LogP contribution is 2.44. The Labute approximate surface area is 97.6 Å². The molecule has 0 aliphatic rings. The normalized spacial score (nSPS) is 18.8. The minimum atomic E-state index is -1.26. The molecule has 15 heavy (non-hydrogen) atoms. The van der Waals surface area contributed by atoms with Crippen LogP contribution in [-0.4, -0.2) is 26.5 Å². The molecule has 0 saturated carbocycles. The van der Waals surface area contributed by atoms with Crippen LogP contribution in [0.5, 0.6) is 0 Å². The van der Waals surface area contributed by atoms with E-state index in [2.05, 4.69) is 40.6 Å². The summed E-state index contributed by atoms with van der Waals surface area (Å²) in [7, 11) is 2.30. The van der Waals surface area contributed by atoms with Gasteiger partial charge in [-0.1, -0.05) is 51.4 Å². The van der Waals surface area contributed by atoms with Crippen LogP contribution in [0.3, 0.4) is 0 Å². The SMILES string of the molecule is BC(C)CC(CC)CCP(=C)(C#C)CC. The van der Waals surface area contributed by atoms with Crippen molar-refractivity contribution in [2.75, 3.05) is 12.3 Å². The molecule has 0 radical (unpaired) electrons. The Hall–Kier alpha value is -0.0751. The lowest BCUT2D eigenvalue weighted by molar-refractivity contribution is 0.453. The number of terminal acetylenes is 1. The maximum atomic E-state index is 5.58. The molecular formula is C13H26BP. The average Bonchev–Trinajstić information content (AvgIpc) is 2.23. The fourth-order valence-electron chi connectivity index (χ4n) is 1.90. The van der Waals surface area contributed by atoms with E-state index in [1.165, 1.54) is 25.4 Å². The van der Waals surface area contributed by atoms with Crippen LogP contribution < -0.4 is 0 Å². The van der Waals surface area contributed by atoms with Crippen LogP contribution >= 0.6 is 6.89 Å². The molecule has 0 rings (SSSR count). The summed E-state index contributed by atoms with van der Waals surface area (Å²) in [5, 5.41) is 0. The summed E-state index contributed by atoms with van der Waals surface area (Å²) >= 11 is 0. The maximum absolute atomic E-state index is 5.58. The van der Waals surface area contributed by atoms with Crippen molar-refractivity contribution in [1.29, 1.82) is 0 Å². The molecule has 86 valence electrons. The minimum Gasteiger partial charge on any atom is -0.116 e. The summed E-state index contributed by atoms with van der Waals surface area (Å²) in [5.41, 5.74) is 2.96. The Kier molecular flexibility index (Phi) is 7.20. The van der Waals surface area contributed by atoms with Gasteiger partial charge in [0.2, 0.25) is 0 Å². The summed E-state index contributed by atoms with van der Waals surface area (Å²) in [5.74, 6) is 1.66. The molecule has 0 heterocycles. The average molecular weight is 224 g/mol. The van der Waals surface area contributed by atoms with Crippen molar-refractivity contribution in [3.63, 3.8) is 0 Å². The van der Waals surface area contributed by atoms with Crippen LogP contribution in [0.2, 0.25) is 5.82 Å². The lowest BCUT2D eigenvalue weighted by Crippen LogP contribution is -2.05. The molecule has 0 saturated heterocycles. The number of hydrogen-bond acceptors (Lipinski definition) is 0. The zero-order valence-electron chi connectivity index (χ0n) is 10.9. The Morgan fingerprint density at radius 3 is 2.40 bits per heavy atom. The molecule has 0 spiro atoms. The molecule has 3 atom stereocenters. The monoisotopic (exact) mass is 224 g/mol. The van der Waals surface area contributed by atoms with Gasteiger partial charge < -0.3 is 0 Å². The van der Waals surface area contributed by atoms with Crippen LogP contribution in [0.25, 0.3) is 0 Å². The van der Waals surface area contributed by atoms with Gasteiger partial charge in [-0.25, -0.2) is 0 Å². The van der Waals surface area contributed by atoms with Crippen LogP contribution in [0, 0.1) is 18.0 Å². The quantitative estimate of drug-likeness (QED) is 0.353. The van der Waals surface area contributed by atoms with Gasteiger partial charge in [-0.2, -0.15) is 0 Å². The van der Waals surface area contributed by atoms with Crippen LogP contribution in [0.15, 0.2) is 0 Å². The first-order valence-corrected chi connectivity index (χ1v) is 8.51. The molecule has 0 nitrogen and oxygen atoms in total. The molecule has 0 aliphatic heterocycles. The second-order valence-corrected chi connectivity index (χ2v) is 8.63. The van der Waals surface area contributed by atoms with Gasteiger partial charge in [0.1, 0.15) is 7.85 Å². The zero-order chi connectivity index (χ0) is 11.9. The zero-order valence-corrected chi connectivity index (χ0v) is 11.8. The Balaban J connectivity index is 4.12. The van der Waals surface area contributed by atoms with E-state index in [1.807, 2.05) is 0 Å². The first-order chi connectivity index (χ1) is 6.97. The van der Waals surface area contributed by atoms with Crippen LogP contribution in [0.4, 0.5) is 0 Å². The summed E-state index contributed by atoms with van der Waals surface area (Å²) in [6.07, 6.45) is 16.0. The molecule has 0 bridgehead atoms. The van der Waals surface area contributed by atoms with Gasteiger partial charge in [-0.3, -0.25) is 0 Å². The molecule has 0 amide bonds. The maximum Gasteiger partial charge on any atom is 0.105 e. The topological polar surface area (TPSA) is 0 Å². The molecule has 0 aromatic carbocycles. The second-order valence-electron chi connectivity index (χ2n) is 5.01. The van der Waals surface area contributed by atoms with Gasteiger partial charge in [-0.05, 0) is 31.5 Å². The summed E-state index contributed by atoms with van der Waals surface area (Å²) < 4.78 is 0. The van der Waals surface area contributed by atoms with Crippen molar-refractivity contribution in [2.24, 2.45) is 5.92 Å². The second kappa shape index (κ2) is 7.24. The van der Waals surface area contributed by atoms with E-state index < -0.39 is 6.89 Å². The molecule has 0 N–H and O–H groups in total. The molecule has 0 aromatic rings. The van der Waals surface area contributed by atoms with E-state index in [4.69, 9.17) is 6.42 Å². The predicted octanol–water partition coefficient (Wildman–Crippen LogP) is 3.29. The van der Waals surface area contributed by atoms with E-state index in [9.17, 15) is 0 Å². The van der Waals surface area contributed by atoms with Gasteiger partial charge in [0.05, 0.1) is 0 Å². The highest BCUT2D eigenvalue weighted by molar-refractivity contribution is 7.78. The van der Waals surface area contributed by atoms with Gasteiger partial charge >= 0.3 is 0 Å².